The van der Waals surface area contributed by atoms with Gasteiger partial charge in [0.05, 0.1) is 12.0 Å². The summed E-state index contributed by atoms with van der Waals surface area (Å²) >= 11 is 0. The van der Waals surface area contributed by atoms with Gasteiger partial charge in [0, 0.05) is 39.7 Å². The first-order chi connectivity index (χ1) is 10.6. The number of nitrogens with zero attached hydrogens (tertiary/aromatic N) is 2. The van der Waals surface area contributed by atoms with Crippen molar-refractivity contribution in [3.8, 4) is 0 Å². The predicted octanol–water partition coefficient (Wildman–Crippen LogP) is 1.83. The van der Waals surface area contributed by atoms with Gasteiger partial charge in [0.1, 0.15) is 0 Å². The van der Waals surface area contributed by atoms with Crippen LogP contribution in [-0.4, -0.2) is 61.5 Å². The number of rotatable bonds is 6. The van der Waals surface area contributed by atoms with Gasteiger partial charge in [0.25, 0.3) is 0 Å². The van der Waals surface area contributed by atoms with Crippen LogP contribution in [0.2, 0.25) is 0 Å². The highest BCUT2D eigenvalue weighted by Crippen LogP contribution is 2.41. The van der Waals surface area contributed by atoms with Crippen molar-refractivity contribution in [2.24, 2.45) is 5.41 Å². The van der Waals surface area contributed by atoms with E-state index in [-0.39, 0.29) is 17.2 Å². The Morgan fingerprint density at radius 2 is 2.09 bits per heavy atom. The zero-order valence-corrected chi connectivity index (χ0v) is 13.7. The Kier molecular flexibility index (Phi) is 6.00. The highest BCUT2D eigenvalue weighted by atomic mass is 16.5. The Morgan fingerprint density at radius 3 is 2.82 bits per heavy atom. The summed E-state index contributed by atoms with van der Waals surface area (Å²) < 4.78 is 5.08. The van der Waals surface area contributed by atoms with Crippen molar-refractivity contribution >= 4 is 11.8 Å². The van der Waals surface area contributed by atoms with Crippen LogP contribution in [0.25, 0.3) is 0 Å². The number of likely N-dealkylation sites (tertiary alicyclic amines) is 2. The zero-order valence-electron chi connectivity index (χ0n) is 13.7. The second-order valence-corrected chi connectivity index (χ2v) is 6.38. The van der Waals surface area contributed by atoms with Crippen LogP contribution in [-0.2, 0) is 14.3 Å². The molecule has 2 saturated heterocycles. The van der Waals surface area contributed by atoms with Crippen molar-refractivity contribution in [1.82, 2.24) is 9.80 Å². The monoisotopic (exact) mass is 308 g/mol. The minimum atomic E-state index is -0.235. The zero-order chi connectivity index (χ0) is 16.0. The summed E-state index contributed by atoms with van der Waals surface area (Å²) in [5, 5.41) is 0. The highest BCUT2D eigenvalue weighted by molar-refractivity contribution is 5.85. The molecule has 0 bridgehead atoms. The lowest BCUT2D eigenvalue weighted by Gasteiger charge is -2.26. The third-order valence-electron chi connectivity index (χ3n) is 5.03. The quantitative estimate of drug-likeness (QED) is 0.703. The number of allylic oxidation sites excluding steroid dienone is 1. The number of carbonyl (C=O) groups excluding carboxylic acids is 2. The van der Waals surface area contributed by atoms with Gasteiger partial charge in [-0.25, -0.2) is 0 Å². The average Bonchev–Trinajstić information content (AvgIpc) is 2.71. The Balaban J connectivity index is 1.93. The summed E-state index contributed by atoms with van der Waals surface area (Å²) in [5.74, 6) is 0.462. The van der Waals surface area contributed by atoms with E-state index in [1.807, 2.05) is 9.80 Å². The number of hydrogen-bond acceptors (Lipinski definition) is 3. The number of hydrogen-bond donors (Lipinski definition) is 0. The second kappa shape index (κ2) is 7.77. The summed E-state index contributed by atoms with van der Waals surface area (Å²) in [5.41, 5.74) is -0.235. The van der Waals surface area contributed by atoms with Crippen LogP contribution >= 0.6 is 0 Å². The van der Waals surface area contributed by atoms with E-state index >= 15 is 0 Å². The van der Waals surface area contributed by atoms with Crippen LogP contribution in [0.4, 0.5) is 0 Å². The first-order valence-electron chi connectivity index (χ1n) is 8.30. The maximum Gasteiger partial charge on any atom is 0.229 e. The molecule has 0 N–H and O–H groups in total. The molecule has 22 heavy (non-hydrogen) atoms. The lowest BCUT2D eigenvalue weighted by atomic mass is 9.79. The molecule has 1 atom stereocenters. The molecule has 0 aromatic heterocycles. The summed E-state index contributed by atoms with van der Waals surface area (Å²) in [6, 6.07) is 0. The molecule has 2 heterocycles. The van der Waals surface area contributed by atoms with Gasteiger partial charge >= 0.3 is 0 Å². The Bertz CT molecular complexity index is 424. The van der Waals surface area contributed by atoms with Gasteiger partial charge < -0.3 is 14.5 Å². The molecule has 2 aliphatic heterocycles. The molecule has 0 aromatic rings. The molecule has 2 fully saturated rings. The van der Waals surface area contributed by atoms with Crippen LogP contribution in [0.3, 0.4) is 0 Å². The van der Waals surface area contributed by atoms with Crippen molar-refractivity contribution < 1.29 is 14.3 Å². The summed E-state index contributed by atoms with van der Waals surface area (Å²) in [6.45, 7) is 7.25. The molecule has 2 rings (SSSR count). The second-order valence-electron chi connectivity index (χ2n) is 6.38. The smallest absolute Gasteiger partial charge is 0.229 e. The Labute approximate surface area is 133 Å². The van der Waals surface area contributed by atoms with Crippen LogP contribution in [0, 0.1) is 5.41 Å². The molecule has 0 aromatic carbocycles. The fraction of sp³-hybridized carbons (Fsp3) is 0.765. The molecule has 5 nitrogen and oxygen atoms in total. The van der Waals surface area contributed by atoms with E-state index in [1.54, 1.807) is 13.2 Å². The molecule has 0 saturated carbocycles. The first kappa shape index (κ1) is 17.0. The van der Waals surface area contributed by atoms with Crippen LogP contribution in [0.15, 0.2) is 12.7 Å². The summed E-state index contributed by atoms with van der Waals surface area (Å²) in [4.78, 5) is 28.8. The standard InChI is InChI=1S/C17H28N2O3/c1-3-4-6-15(20)18-10-5-7-17(8-11-18)9-12-19(16(17)21)13-14-22-2/h3H,1,4-14H2,2H3. The minimum absolute atomic E-state index is 0.193. The topological polar surface area (TPSA) is 49.9 Å². The number of carbonyl (C=O) groups is 2. The molecule has 0 radical (unpaired) electrons. The van der Waals surface area contributed by atoms with E-state index < -0.39 is 0 Å². The van der Waals surface area contributed by atoms with E-state index in [1.165, 1.54) is 0 Å². The molecule has 2 amide bonds. The van der Waals surface area contributed by atoms with Gasteiger partial charge in [-0.05, 0) is 32.1 Å². The summed E-state index contributed by atoms with van der Waals surface area (Å²) in [6.07, 6.45) is 6.59. The SMILES string of the molecule is C=CCCC(=O)N1CCCC2(CC1)CCN(CCOC)C2=O. The third-order valence-corrected chi connectivity index (χ3v) is 5.03. The van der Waals surface area contributed by atoms with Crippen molar-refractivity contribution in [2.75, 3.05) is 39.9 Å². The van der Waals surface area contributed by atoms with Gasteiger partial charge in [0.2, 0.25) is 11.8 Å². The predicted molar refractivity (Wildman–Crippen MR) is 85.4 cm³/mol. The lowest BCUT2D eigenvalue weighted by Crippen LogP contribution is -2.37. The van der Waals surface area contributed by atoms with E-state index in [4.69, 9.17) is 4.74 Å². The van der Waals surface area contributed by atoms with Gasteiger partial charge in [-0.3, -0.25) is 9.59 Å². The van der Waals surface area contributed by atoms with Gasteiger partial charge in [-0.2, -0.15) is 0 Å². The minimum Gasteiger partial charge on any atom is -0.383 e. The first-order valence-corrected chi connectivity index (χ1v) is 8.30. The number of methoxy groups -OCH3 is 1. The maximum atomic E-state index is 12.7. The average molecular weight is 308 g/mol. The van der Waals surface area contributed by atoms with Crippen molar-refractivity contribution in [3.63, 3.8) is 0 Å². The lowest BCUT2D eigenvalue weighted by molar-refractivity contribution is -0.138. The normalized spacial score (nSPS) is 25.6. The van der Waals surface area contributed by atoms with Gasteiger partial charge in [0.15, 0.2) is 0 Å². The molecule has 1 spiro atoms. The maximum absolute atomic E-state index is 12.7. The molecule has 1 unspecified atom stereocenters. The fourth-order valence-electron chi connectivity index (χ4n) is 3.60. The Morgan fingerprint density at radius 1 is 1.32 bits per heavy atom. The van der Waals surface area contributed by atoms with Gasteiger partial charge in [-0.1, -0.05) is 6.08 Å². The highest BCUT2D eigenvalue weighted by Gasteiger charge is 2.46. The third kappa shape index (κ3) is 3.69. The Hall–Kier alpha value is -1.36. The van der Waals surface area contributed by atoms with E-state index in [9.17, 15) is 9.59 Å². The fourth-order valence-corrected chi connectivity index (χ4v) is 3.60. The van der Waals surface area contributed by atoms with Crippen LogP contribution < -0.4 is 0 Å². The van der Waals surface area contributed by atoms with Crippen molar-refractivity contribution in [2.45, 2.75) is 38.5 Å². The van der Waals surface area contributed by atoms with Gasteiger partial charge in [-0.15, -0.1) is 6.58 Å². The largest absolute Gasteiger partial charge is 0.383 e. The molecule has 0 aliphatic carbocycles. The van der Waals surface area contributed by atoms with Crippen molar-refractivity contribution in [3.05, 3.63) is 12.7 Å². The molecule has 124 valence electrons. The van der Waals surface area contributed by atoms with Crippen LogP contribution in [0.1, 0.15) is 38.5 Å². The summed E-state index contributed by atoms with van der Waals surface area (Å²) in [7, 11) is 1.66. The molecule has 5 heteroatoms. The molecular weight excluding hydrogens is 280 g/mol. The van der Waals surface area contributed by atoms with E-state index in [2.05, 4.69) is 6.58 Å². The number of ether oxygens (including phenoxy) is 1. The van der Waals surface area contributed by atoms with E-state index in [0.717, 1.165) is 45.2 Å². The van der Waals surface area contributed by atoms with E-state index in [0.29, 0.717) is 26.1 Å². The van der Waals surface area contributed by atoms with Crippen molar-refractivity contribution in [1.29, 1.82) is 0 Å². The molecular formula is C17H28N2O3. The molecule has 2 aliphatic rings. The number of amides is 2. The van der Waals surface area contributed by atoms with Crippen LogP contribution in [0.5, 0.6) is 0 Å².